The topological polar surface area (TPSA) is 102 Å². The average molecular weight is 371 g/mol. The zero-order valence-electron chi connectivity index (χ0n) is 14.5. The van der Waals surface area contributed by atoms with E-state index in [0.29, 0.717) is 11.1 Å². The second-order valence-electron chi connectivity index (χ2n) is 5.98. The molecule has 0 atom stereocenters. The average Bonchev–Trinajstić information content (AvgIpc) is 3.02. The van der Waals surface area contributed by atoms with Gasteiger partial charge in [0.05, 0.1) is 4.90 Å². The minimum absolute atomic E-state index is 0.0604. The number of nitrogens with one attached hydrogen (secondary N) is 1. The fourth-order valence-electron chi connectivity index (χ4n) is 2.48. The van der Waals surface area contributed by atoms with E-state index in [0.717, 1.165) is 17.4 Å². The molecule has 1 amide bonds. The molecule has 0 bridgehead atoms. The molecule has 0 saturated carbocycles. The van der Waals surface area contributed by atoms with Crippen molar-refractivity contribution < 1.29 is 17.6 Å². The van der Waals surface area contributed by atoms with Gasteiger partial charge in [0.15, 0.2) is 9.84 Å². The summed E-state index contributed by atoms with van der Waals surface area (Å²) in [5.41, 5.74) is 2.86. The van der Waals surface area contributed by atoms with E-state index < -0.39 is 9.84 Å². The molecule has 0 fully saturated rings. The maximum Gasteiger partial charge on any atom is 0.322 e. The van der Waals surface area contributed by atoms with E-state index in [-0.39, 0.29) is 22.7 Å². The van der Waals surface area contributed by atoms with Crippen LogP contribution in [-0.4, -0.2) is 30.8 Å². The van der Waals surface area contributed by atoms with E-state index >= 15 is 0 Å². The van der Waals surface area contributed by atoms with Gasteiger partial charge in [-0.1, -0.05) is 28.9 Å². The molecule has 0 spiro atoms. The predicted octanol–water partition coefficient (Wildman–Crippen LogP) is 3.01. The van der Waals surface area contributed by atoms with Crippen LogP contribution in [-0.2, 0) is 9.84 Å². The Labute approximate surface area is 151 Å². The molecule has 0 saturated heterocycles. The Hall–Kier alpha value is -3.00. The lowest BCUT2D eigenvalue weighted by molar-refractivity contribution is 0.102. The number of hydrogen-bond acceptors (Lipinski definition) is 6. The summed E-state index contributed by atoms with van der Waals surface area (Å²) < 4.78 is 28.8. The molecule has 1 heterocycles. The molecule has 0 unspecified atom stereocenters. The molecule has 8 heteroatoms. The summed E-state index contributed by atoms with van der Waals surface area (Å²) in [5, 5.41) is 10.2. The molecule has 7 nitrogen and oxygen atoms in total. The second-order valence-corrected chi connectivity index (χ2v) is 8.00. The van der Waals surface area contributed by atoms with Crippen molar-refractivity contribution in [2.45, 2.75) is 18.7 Å². The van der Waals surface area contributed by atoms with Gasteiger partial charge in [0.25, 0.3) is 5.91 Å². The summed E-state index contributed by atoms with van der Waals surface area (Å²) in [6.45, 7) is 3.79. The Morgan fingerprint density at radius 1 is 1.08 bits per heavy atom. The second kappa shape index (κ2) is 6.72. The number of benzene rings is 2. The van der Waals surface area contributed by atoms with Gasteiger partial charge in [-0.25, -0.2) is 8.42 Å². The molecule has 3 rings (SSSR count). The van der Waals surface area contributed by atoms with E-state index in [1.165, 1.54) is 12.1 Å². The van der Waals surface area contributed by atoms with Crippen LogP contribution in [0.25, 0.3) is 11.5 Å². The highest BCUT2D eigenvalue weighted by atomic mass is 32.2. The predicted molar refractivity (Wildman–Crippen MR) is 96.7 cm³/mol. The van der Waals surface area contributed by atoms with Crippen LogP contribution in [0.4, 0.5) is 6.01 Å². The number of aromatic nitrogens is 2. The summed E-state index contributed by atoms with van der Waals surface area (Å²) in [7, 11) is -3.35. The van der Waals surface area contributed by atoms with Crippen LogP contribution in [0.3, 0.4) is 0 Å². The minimum atomic E-state index is -3.35. The normalized spacial score (nSPS) is 11.3. The Morgan fingerprint density at radius 3 is 2.54 bits per heavy atom. The Bertz CT molecular complexity index is 1090. The van der Waals surface area contributed by atoms with Crippen molar-refractivity contribution in [1.29, 1.82) is 0 Å². The zero-order chi connectivity index (χ0) is 18.9. The van der Waals surface area contributed by atoms with Crippen molar-refractivity contribution in [2.24, 2.45) is 0 Å². The van der Waals surface area contributed by atoms with Crippen LogP contribution < -0.4 is 5.32 Å². The first-order valence-corrected chi connectivity index (χ1v) is 9.66. The van der Waals surface area contributed by atoms with Crippen molar-refractivity contribution >= 4 is 21.8 Å². The summed E-state index contributed by atoms with van der Waals surface area (Å²) in [5.74, 6) is -0.242. The van der Waals surface area contributed by atoms with Gasteiger partial charge in [-0.2, -0.15) is 0 Å². The van der Waals surface area contributed by atoms with Crippen molar-refractivity contribution in [3.05, 3.63) is 59.2 Å². The first-order chi connectivity index (χ1) is 12.2. The van der Waals surface area contributed by atoms with Gasteiger partial charge in [-0.15, -0.1) is 5.10 Å². The quantitative estimate of drug-likeness (QED) is 0.756. The van der Waals surface area contributed by atoms with E-state index in [9.17, 15) is 13.2 Å². The molecule has 26 heavy (non-hydrogen) atoms. The van der Waals surface area contributed by atoms with Crippen molar-refractivity contribution in [2.75, 3.05) is 11.6 Å². The Morgan fingerprint density at radius 2 is 1.85 bits per heavy atom. The molecule has 134 valence electrons. The van der Waals surface area contributed by atoms with Gasteiger partial charge in [0.1, 0.15) is 0 Å². The first kappa shape index (κ1) is 17.8. The lowest BCUT2D eigenvalue weighted by Crippen LogP contribution is -2.13. The van der Waals surface area contributed by atoms with E-state index in [1.54, 1.807) is 18.2 Å². The maximum atomic E-state index is 12.4. The first-order valence-electron chi connectivity index (χ1n) is 7.76. The van der Waals surface area contributed by atoms with E-state index in [4.69, 9.17) is 4.42 Å². The molecular weight excluding hydrogens is 354 g/mol. The van der Waals surface area contributed by atoms with Gasteiger partial charge in [0.2, 0.25) is 5.89 Å². The largest absolute Gasteiger partial charge is 0.403 e. The van der Waals surface area contributed by atoms with Gasteiger partial charge in [0, 0.05) is 17.4 Å². The molecule has 2 aromatic carbocycles. The zero-order valence-corrected chi connectivity index (χ0v) is 15.3. The van der Waals surface area contributed by atoms with Crippen molar-refractivity contribution in [1.82, 2.24) is 10.2 Å². The van der Waals surface area contributed by atoms with Gasteiger partial charge >= 0.3 is 6.01 Å². The van der Waals surface area contributed by atoms with Crippen LogP contribution in [0.1, 0.15) is 21.5 Å². The molecule has 0 aliphatic heterocycles. The van der Waals surface area contributed by atoms with Crippen LogP contribution in [0.15, 0.2) is 51.8 Å². The lowest BCUT2D eigenvalue weighted by Gasteiger charge is -2.05. The lowest BCUT2D eigenvalue weighted by atomic mass is 10.1. The fourth-order valence-corrected chi connectivity index (χ4v) is 3.15. The summed E-state index contributed by atoms with van der Waals surface area (Å²) in [4.78, 5) is 12.5. The van der Waals surface area contributed by atoms with Crippen LogP contribution >= 0.6 is 0 Å². The van der Waals surface area contributed by atoms with E-state index in [1.807, 2.05) is 26.0 Å². The highest BCUT2D eigenvalue weighted by Gasteiger charge is 2.16. The third kappa shape index (κ3) is 3.80. The third-order valence-electron chi connectivity index (χ3n) is 3.78. The Kier molecular flexibility index (Phi) is 4.60. The Balaban J connectivity index is 1.83. The van der Waals surface area contributed by atoms with Gasteiger partial charge in [-0.3, -0.25) is 10.1 Å². The molecule has 0 aliphatic carbocycles. The number of rotatable bonds is 4. The number of aryl methyl sites for hydroxylation is 2. The summed E-state index contributed by atoms with van der Waals surface area (Å²) in [6, 6.07) is 11.6. The maximum absolute atomic E-state index is 12.4. The van der Waals surface area contributed by atoms with Gasteiger partial charge in [-0.05, 0) is 43.7 Å². The van der Waals surface area contributed by atoms with Gasteiger partial charge < -0.3 is 4.42 Å². The molecule has 1 N–H and O–H groups in total. The number of carbonyl (C=O) groups excluding carboxylic acids is 1. The van der Waals surface area contributed by atoms with Crippen LogP contribution in [0.2, 0.25) is 0 Å². The molecule has 3 aromatic rings. The van der Waals surface area contributed by atoms with E-state index in [2.05, 4.69) is 15.5 Å². The molecule has 0 radical (unpaired) electrons. The minimum Gasteiger partial charge on any atom is -0.403 e. The number of carbonyl (C=O) groups is 1. The monoisotopic (exact) mass is 371 g/mol. The number of hydrogen-bond donors (Lipinski definition) is 1. The smallest absolute Gasteiger partial charge is 0.322 e. The highest BCUT2D eigenvalue weighted by molar-refractivity contribution is 7.90. The fraction of sp³-hybridized carbons (Fsp3) is 0.167. The number of anilines is 1. The van der Waals surface area contributed by atoms with Crippen molar-refractivity contribution in [3.8, 4) is 11.5 Å². The highest BCUT2D eigenvalue weighted by Crippen LogP contribution is 2.23. The number of nitrogens with zero attached hydrogens (tertiary/aromatic N) is 2. The number of amides is 1. The van der Waals surface area contributed by atoms with Crippen molar-refractivity contribution in [3.63, 3.8) is 0 Å². The van der Waals surface area contributed by atoms with Crippen LogP contribution in [0.5, 0.6) is 0 Å². The molecule has 1 aromatic heterocycles. The van der Waals surface area contributed by atoms with Crippen LogP contribution in [0, 0.1) is 13.8 Å². The third-order valence-corrected chi connectivity index (χ3v) is 4.89. The summed E-state index contributed by atoms with van der Waals surface area (Å²) >= 11 is 0. The molecule has 0 aliphatic rings. The molecular formula is C18H17N3O4S. The standard InChI is InChI=1S/C18H17N3O4S/c1-11-7-8-15(12(2)9-11)16(22)19-18-21-20-17(25-18)13-5-4-6-14(10-13)26(3,23)24/h4-10H,1-3H3,(H,19,21,22). The summed E-state index contributed by atoms with van der Waals surface area (Å²) in [6.07, 6.45) is 1.12. The number of sulfone groups is 1. The SMILES string of the molecule is Cc1ccc(C(=O)Nc2nnc(-c3cccc(S(C)(=O)=O)c3)o2)c(C)c1.